The maximum Gasteiger partial charge on any atom is 0.251 e. The number of carbonyl (C=O) groups is 1. The van der Waals surface area contributed by atoms with Gasteiger partial charge in [-0.1, -0.05) is 24.0 Å². The topological polar surface area (TPSA) is 68.0 Å². The van der Waals surface area contributed by atoms with E-state index in [9.17, 15) is 4.79 Å². The molecule has 1 aromatic heterocycles. The zero-order valence-electron chi connectivity index (χ0n) is 11.0. The van der Waals surface area contributed by atoms with Crippen molar-refractivity contribution in [1.82, 2.24) is 10.3 Å². The Hall–Kier alpha value is -2.64. The number of aromatic nitrogens is 1. The molecule has 1 amide bonds. The third kappa shape index (κ3) is 3.94. The third-order valence-corrected chi connectivity index (χ3v) is 2.62. The van der Waals surface area contributed by atoms with E-state index in [2.05, 4.69) is 22.1 Å². The van der Waals surface area contributed by atoms with E-state index in [4.69, 9.17) is 5.73 Å². The number of benzene rings is 1. The SMILES string of the molecule is NCC#Cc1cccc(C(=O)NCc2ccccn2)c1. The number of amides is 1. The summed E-state index contributed by atoms with van der Waals surface area (Å²) in [5.41, 5.74) is 7.50. The lowest BCUT2D eigenvalue weighted by molar-refractivity contribution is 0.0950. The minimum atomic E-state index is -0.146. The number of hydrogen-bond acceptors (Lipinski definition) is 3. The number of hydrogen-bond donors (Lipinski definition) is 2. The highest BCUT2D eigenvalue weighted by Crippen LogP contribution is 2.04. The Kier molecular flexibility index (Phi) is 4.87. The second kappa shape index (κ2) is 7.07. The second-order valence-corrected chi connectivity index (χ2v) is 4.09. The molecule has 0 spiro atoms. The van der Waals surface area contributed by atoms with Crippen molar-refractivity contribution in [2.45, 2.75) is 6.54 Å². The third-order valence-electron chi connectivity index (χ3n) is 2.62. The summed E-state index contributed by atoms with van der Waals surface area (Å²) >= 11 is 0. The second-order valence-electron chi connectivity index (χ2n) is 4.09. The van der Waals surface area contributed by atoms with Crippen molar-refractivity contribution in [2.24, 2.45) is 5.73 Å². The van der Waals surface area contributed by atoms with E-state index in [1.807, 2.05) is 24.3 Å². The summed E-state index contributed by atoms with van der Waals surface area (Å²) in [4.78, 5) is 16.2. The van der Waals surface area contributed by atoms with E-state index in [0.717, 1.165) is 11.3 Å². The Morgan fingerprint density at radius 1 is 1.25 bits per heavy atom. The van der Waals surface area contributed by atoms with Crippen molar-refractivity contribution in [3.05, 3.63) is 65.5 Å². The Labute approximate surface area is 118 Å². The van der Waals surface area contributed by atoms with Crippen molar-refractivity contribution < 1.29 is 4.79 Å². The van der Waals surface area contributed by atoms with Crippen molar-refractivity contribution in [3.63, 3.8) is 0 Å². The molecule has 4 nitrogen and oxygen atoms in total. The highest BCUT2D eigenvalue weighted by molar-refractivity contribution is 5.94. The first-order chi connectivity index (χ1) is 9.79. The summed E-state index contributed by atoms with van der Waals surface area (Å²) in [6, 6.07) is 12.7. The molecular formula is C16H15N3O. The molecule has 0 aliphatic heterocycles. The first-order valence-corrected chi connectivity index (χ1v) is 6.26. The number of nitrogens with two attached hydrogens (primary N) is 1. The molecule has 100 valence electrons. The van der Waals surface area contributed by atoms with Crippen LogP contribution in [0.1, 0.15) is 21.6 Å². The molecule has 0 fully saturated rings. The first-order valence-electron chi connectivity index (χ1n) is 6.26. The van der Waals surface area contributed by atoms with Crippen LogP contribution in [0.5, 0.6) is 0 Å². The highest BCUT2D eigenvalue weighted by atomic mass is 16.1. The minimum absolute atomic E-state index is 0.146. The van der Waals surface area contributed by atoms with E-state index in [1.165, 1.54) is 0 Å². The minimum Gasteiger partial charge on any atom is -0.346 e. The van der Waals surface area contributed by atoms with Crippen molar-refractivity contribution in [3.8, 4) is 11.8 Å². The van der Waals surface area contributed by atoms with Gasteiger partial charge in [0, 0.05) is 17.3 Å². The summed E-state index contributed by atoms with van der Waals surface area (Å²) in [5, 5.41) is 2.82. The maximum atomic E-state index is 12.0. The van der Waals surface area contributed by atoms with Crippen LogP contribution in [0, 0.1) is 11.8 Å². The molecule has 4 heteroatoms. The lowest BCUT2D eigenvalue weighted by Crippen LogP contribution is -2.23. The van der Waals surface area contributed by atoms with E-state index in [0.29, 0.717) is 18.7 Å². The van der Waals surface area contributed by atoms with Gasteiger partial charge in [-0.3, -0.25) is 9.78 Å². The molecule has 0 bridgehead atoms. The number of nitrogens with one attached hydrogen (secondary N) is 1. The Morgan fingerprint density at radius 2 is 2.15 bits per heavy atom. The van der Waals surface area contributed by atoms with Gasteiger partial charge >= 0.3 is 0 Å². The molecule has 20 heavy (non-hydrogen) atoms. The molecule has 1 aromatic carbocycles. The van der Waals surface area contributed by atoms with Gasteiger partial charge in [0.25, 0.3) is 5.91 Å². The van der Waals surface area contributed by atoms with Gasteiger partial charge in [0.2, 0.25) is 0 Å². The number of nitrogens with zero attached hydrogens (tertiary/aromatic N) is 1. The normalized spacial score (nSPS) is 9.45. The molecule has 2 rings (SSSR count). The van der Waals surface area contributed by atoms with Crippen LogP contribution in [0.15, 0.2) is 48.7 Å². The molecule has 0 atom stereocenters. The van der Waals surface area contributed by atoms with Gasteiger partial charge in [-0.25, -0.2) is 0 Å². The van der Waals surface area contributed by atoms with Crippen LogP contribution in [-0.2, 0) is 6.54 Å². The fourth-order valence-electron chi connectivity index (χ4n) is 1.67. The molecule has 0 saturated carbocycles. The quantitative estimate of drug-likeness (QED) is 0.822. The molecule has 0 saturated heterocycles. The Balaban J connectivity index is 2.02. The standard InChI is InChI=1S/C16H15N3O/c17-9-4-6-13-5-3-7-14(11-13)16(20)19-12-15-8-1-2-10-18-15/h1-3,5,7-8,10-11H,9,12,17H2,(H,19,20). The Bertz CT molecular complexity index is 642. The predicted octanol–water partition coefficient (Wildman–Crippen LogP) is 1.32. The lowest BCUT2D eigenvalue weighted by atomic mass is 10.1. The Morgan fingerprint density at radius 3 is 2.90 bits per heavy atom. The zero-order valence-corrected chi connectivity index (χ0v) is 11.0. The number of pyridine rings is 1. The molecular weight excluding hydrogens is 250 g/mol. The largest absolute Gasteiger partial charge is 0.346 e. The van der Waals surface area contributed by atoms with Gasteiger partial charge in [-0.15, -0.1) is 0 Å². The zero-order chi connectivity index (χ0) is 14.2. The number of rotatable bonds is 3. The molecule has 0 unspecified atom stereocenters. The summed E-state index contributed by atoms with van der Waals surface area (Å²) in [6.07, 6.45) is 1.70. The monoisotopic (exact) mass is 265 g/mol. The predicted molar refractivity (Wildman–Crippen MR) is 77.8 cm³/mol. The average molecular weight is 265 g/mol. The van der Waals surface area contributed by atoms with Gasteiger partial charge in [0.1, 0.15) is 0 Å². The van der Waals surface area contributed by atoms with Crippen LogP contribution >= 0.6 is 0 Å². The van der Waals surface area contributed by atoms with Gasteiger partial charge in [-0.05, 0) is 30.3 Å². The van der Waals surface area contributed by atoms with Crippen LogP contribution in [0.3, 0.4) is 0 Å². The van der Waals surface area contributed by atoms with Crippen molar-refractivity contribution in [2.75, 3.05) is 6.54 Å². The molecule has 0 aliphatic rings. The maximum absolute atomic E-state index is 12.0. The summed E-state index contributed by atoms with van der Waals surface area (Å²) in [6.45, 7) is 0.703. The van der Waals surface area contributed by atoms with E-state index in [1.54, 1.807) is 24.4 Å². The van der Waals surface area contributed by atoms with Crippen LogP contribution in [0.4, 0.5) is 0 Å². The van der Waals surface area contributed by atoms with Crippen LogP contribution < -0.4 is 11.1 Å². The van der Waals surface area contributed by atoms with Crippen molar-refractivity contribution >= 4 is 5.91 Å². The lowest BCUT2D eigenvalue weighted by Gasteiger charge is -2.05. The average Bonchev–Trinajstić information content (AvgIpc) is 2.52. The molecule has 0 radical (unpaired) electrons. The summed E-state index contributed by atoms with van der Waals surface area (Å²) in [7, 11) is 0. The van der Waals surface area contributed by atoms with Crippen LogP contribution in [0.2, 0.25) is 0 Å². The number of carbonyl (C=O) groups excluding carboxylic acids is 1. The van der Waals surface area contributed by atoms with Gasteiger partial charge in [0.05, 0.1) is 18.8 Å². The van der Waals surface area contributed by atoms with Crippen LogP contribution in [0.25, 0.3) is 0 Å². The van der Waals surface area contributed by atoms with Gasteiger partial charge < -0.3 is 11.1 Å². The first kappa shape index (κ1) is 13.8. The highest BCUT2D eigenvalue weighted by Gasteiger charge is 2.05. The van der Waals surface area contributed by atoms with E-state index in [-0.39, 0.29) is 5.91 Å². The van der Waals surface area contributed by atoms with Gasteiger partial charge in [0.15, 0.2) is 0 Å². The van der Waals surface area contributed by atoms with Crippen molar-refractivity contribution in [1.29, 1.82) is 0 Å². The fraction of sp³-hybridized carbons (Fsp3) is 0.125. The summed E-state index contributed by atoms with van der Waals surface area (Å²) in [5.74, 6) is 5.52. The molecule has 3 N–H and O–H groups in total. The van der Waals surface area contributed by atoms with Crippen LogP contribution in [-0.4, -0.2) is 17.4 Å². The van der Waals surface area contributed by atoms with Gasteiger partial charge in [-0.2, -0.15) is 0 Å². The molecule has 0 aliphatic carbocycles. The molecule has 1 heterocycles. The van der Waals surface area contributed by atoms with E-state index < -0.39 is 0 Å². The smallest absolute Gasteiger partial charge is 0.251 e. The van der Waals surface area contributed by atoms with E-state index >= 15 is 0 Å². The fourth-order valence-corrected chi connectivity index (χ4v) is 1.67. The summed E-state index contributed by atoms with van der Waals surface area (Å²) < 4.78 is 0. The molecule has 2 aromatic rings.